The fourth-order valence-corrected chi connectivity index (χ4v) is 4.43. The van der Waals surface area contributed by atoms with Gasteiger partial charge in [-0.05, 0) is 54.4 Å². The first-order valence-corrected chi connectivity index (χ1v) is 11.9. The van der Waals surface area contributed by atoms with Crippen LogP contribution >= 0.6 is 0 Å². The van der Waals surface area contributed by atoms with Crippen LogP contribution in [-0.2, 0) is 17.9 Å². The van der Waals surface area contributed by atoms with Gasteiger partial charge in [-0.25, -0.2) is 4.98 Å². The lowest BCUT2D eigenvalue weighted by molar-refractivity contribution is 0.0785. The molecule has 1 amide bonds. The van der Waals surface area contributed by atoms with Crippen molar-refractivity contribution < 1.29 is 14.3 Å². The van der Waals surface area contributed by atoms with E-state index < -0.39 is 0 Å². The van der Waals surface area contributed by atoms with E-state index >= 15 is 0 Å². The predicted molar refractivity (Wildman–Crippen MR) is 136 cm³/mol. The first-order valence-electron chi connectivity index (χ1n) is 11.9. The van der Waals surface area contributed by atoms with E-state index in [0.29, 0.717) is 24.5 Å². The summed E-state index contributed by atoms with van der Waals surface area (Å²) in [5, 5.41) is 0. The van der Waals surface area contributed by atoms with E-state index in [1.165, 1.54) is 5.69 Å². The molecule has 1 fully saturated rings. The van der Waals surface area contributed by atoms with E-state index in [9.17, 15) is 4.79 Å². The third-order valence-electron chi connectivity index (χ3n) is 6.31. The number of nitrogens with zero attached hydrogens (tertiary/aromatic N) is 4. The number of aromatic nitrogens is 2. The van der Waals surface area contributed by atoms with Crippen molar-refractivity contribution in [3.05, 3.63) is 95.4 Å². The van der Waals surface area contributed by atoms with Crippen molar-refractivity contribution >= 4 is 17.2 Å². The van der Waals surface area contributed by atoms with Gasteiger partial charge in [-0.3, -0.25) is 4.79 Å². The van der Waals surface area contributed by atoms with Crippen molar-refractivity contribution in [3.8, 4) is 5.75 Å². The zero-order valence-corrected chi connectivity index (χ0v) is 20.2. The molecule has 0 aliphatic carbocycles. The third-order valence-corrected chi connectivity index (χ3v) is 6.31. The summed E-state index contributed by atoms with van der Waals surface area (Å²) in [6.45, 7) is 6.14. The number of fused-ring (bicyclic) bond motifs is 1. The summed E-state index contributed by atoms with van der Waals surface area (Å²) >= 11 is 0. The first-order chi connectivity index (χ1) is 17.1. The number of para-hydroxylation sites is 1. The SMILES string of the molecule is Cc1cccn2cc(COc3ccc(C(=O)N(C)Cc4ccccc4N4CCOCC4)cc3)nc12. The molecule has 7 heteroatoms. The van der Waals surface area contributed by atoms with E-state index in [0.717, 1.165) is 48.8 Å². The summed E-state index contributed by atoms with van der Waals surface area (Å²) in [6, 6.07) is 19.6. The quantitative estimate of drug-likeness (QED) is 0.402. The molecule has 35 heavy (non-hydrogen) atoms. The number of amides is 1. The van der Waals surface area contributed by atoms with Gasteiger partial charge in [0, 0.05) is 50.3 Å². The number of carbonyl (C=O) groups is 1. The Hall–Kier alpha value is -3.84. The number of hydrogen-bond donors (Lipinski definition) is 0. The van der Waals surface area contributed by atoms with Gasteiger partial charge in [0.1, 0.15) is 18.0 Å². The maximum atomic E-state index is 13.1. The Morgan fingerprint density at radius 2 is 1.83 bits per heavy atom. The lowest BCUT2D eigenvalue weighted by Crippen LogP contribution is -2.37. The molecule has 1 saturated heterocycles. The highest BCUT2D eigenvalue weighted by Crippen LogP contribution is 2.24. The number of carbonyl (C=O) groups excluding carboxylic acids is 1. The van der Waals surface area contributed by atoms with Gasteiger partial charge in [0.25, 0.3) is 5.91 Å². The molecule has 1 aliphatic rings. The number of hydrogen-bond acceptors (Lipinski definition) is 5. The van der Waals surface area contributed by atoms with Crippen LogP contribution < -0.4 is 9.64 Å². The number of rotatable bonds is 7. The van der Waals surface area contributed by atoms with E-state index in [1.807, 2.05) is 79.3 Å². The van der Waals surface area contributed by atoms with Gasteiger partial charge in [0.15, 0.2) is 0 Å². The lowest BCUT2D eigenvalue weighted by Gasteiger charge is -2.31. The Kier molecular flexibility index (Phi) is 6.68. The second-order valence-electron chi connectivity index (χ2n) is 8.86. The van der Waals surface area contributed by atoms with Gasteiger partial charge in [-0.1, -0.05) is 24.3 Å². The molecule has 0 bridgehead atoms. The molecule has 4 aromatic rings. The maximum absolute atomic E-state index is 13.1. The van der Waals surface area contributed by atoms with Crippen LogP contribution in [0, 0.1) is 6.92 Å². The Labute approximate surface area is 205 Å². The lowest BCUT2D eigenvalue weighted by atomic mass is 10.1. The standard InChI is InChI=1S/C28H30N4O3/c1-21-6-5-13-32-19-24(29-27(21)32)20-35-25-11-9-22(10-12-25)28(33)30(2)18-23-7-3-4-8-26(23)31-14-16-34-17-15-31/h3-13,19H,14-18,20H2,1-2H3. The highest BCUT2D eigenvalue weighted by Gasteiger charge is 2.18. The van der Waals surface area contributed by atoms with Gasteiger partial charge in [-0.2, -0.15) is 0 Å². The molecule has 180 valence electrons. The van der Waals surface area contributed by atoms with E-state index in [1.54, 1.807) is 4.90 Å². The van der Waals surface area contributed by atoms with Crippen LogP contribution in [0.15, 0.2) is 73.1 Å². The number of benzene rings is 2. The summed E-state index contributed by atoms with van der Waals surface area (Å²) < 4.78 is 13.4. The summed E-state index contributed by atoms with van der Waals surface area (Å²) in [5.41, 5.74) is 5.85. The van der Waals surface area contributed by atoms with E-state index in [-0.39, 0.29) is 5.91 Å². The van der Waals surface area contributed by atoms with Gasteiger partial charge in [-0.15, -0.1) is 0 Å². The van der Waals surface area contributed by atoms with E-state index in [2.05, 4.69) is 22.0 Å². The molecule has 0 radical (unpaired) electrons. The van der Waals surface area contributed by atoms with Crippen molar-refractivity contribution in [2.24, 2.45) is 0 Å². The largest absolute Gasteiger partial charge is 0.487 e. The number of anilines is 1. The van der Waals surface area contributed by atoms with Crippen LogP contribution in [0.3, 0.4) is 0 Å². The Bertz CT molecular complexity index is 1310. The zero-order chi connectivity index (χ0) is 24.2. The van der Waals surface area contributed by atoms with E-state index in [4.69, 9.17) is 9.47 Å². The minimum Gasteiger partial charge on any atom is -0.487 e. The first kappa shape index (κ1) is 22.9. The molecule has 0 saturated carbocycles. The molecule has 0 N–H and O–H groups in total. The normalized spacial score (nSPS) is 13.7. The van der Waals surface area contributed by atoms with Gasteiger partial charge >= 0.3 is 0 Å². The summed E-state index contributed by atoms with van der Waals surface area (Å²) in [4.78, 5) is 21.8. The van der Waals surface area contributed by atoms with Gasteiger partial charge in [0.2, 0.25) is 0 Å². The fourth-order valence-electron chi connectivity index (χ4n) is 4.43. The van der Waals surface area contributed by atoms with Crippen LogP contribution in [0.4, 0.5) is 5.69 Å². The Morgan fingerprint density at radius 3 is 2.60 bits per heavy atom. The van der Waals surface area contributed by atoms with Crippen LogP contribution in [-0.4, -0.2) is 53.5 Å². The molecule has 0 unspecified atom stereocenters. The molecular weight excluding hydrogens is 440 g/mol. The van der Waals surface area contributed by atoms with Crippen LogP contribution in [0.1, 0.15) is 27.2 Å². The Balaban J connectivity index is 1.21. The second-order valence-corrected chi connectivity index (χ2v) is 8.86. The van der Waals surface area contributed by atoms with Crippen molar-refractivity contribution in [2.75, 3.05) is 38.3 Å². The third kappa shape index (κ3) is 5.15. The molecule has 0 spiro atoms. The number of aryl methyl sites for hydroxylation is 1. The fraction of sp³-hybridized carbons (Fsp3) is 0.286. The number of pyridine rings is 1. The predicted octanol–water partition coefficient (Wildman–Crippen LogP) is 4.33. The molecule has 5 rings (SSSR count). The van der Waals surface area contributed by atoms with Crippen molar-refractivity contribution in [2.45, 2.75) is 20.1 Å². The summed E-state index contributed by atoms with van der Waals surface area (Å²) in [6.07, 6.45) is 3.96. The highest BCUT2D eigenvalue weighted by atomic mass is 16.5. The second kappa shape index (κ2) is 10.2. The minimum atomic E-state index is -0.0239. The summed E-state index contributed by atoms with van der Waals surface area (Å²) in [7, 11) is 1.84. The molecule has 3 heterocycles. The van der Waals surface area contributed by atoms with Crippen LogP contribution in [0.2, 0.25) is 0 Å². The molecule has 7 nitrogen and oxygen atoms in total. The van der Waals surface area contributed by atoms with Crippen molar-refractivity contribution in [1.82, 2.24) is 14.3 Å². The Morgan fingerprint density at radius 1 is 1.06 bits per heavy atom. The molecule has 0 atom stereocenters. The number of morpholine rings is 1. The van der Waals surface area contributed by atoms with Crippen LogP contribution in [0.5, 0.6) is 5.75 Å². The highest BCUT2D eigenvalue weighted by molar-refractivity contribution is 5.94. The smallest absolute Gasteiger partial charge is 0.253 e. The summed E-state index contributed by atoms with van der Waals surface area (Å²) in [5.74, 6) is 0.680. The maximum Gasteiger partial charge on any atom is 0.253 e. The zero-order valence-electron chi connectivity index (χ0n) is 20.2. The molecule has 2 aromatic carbocycles. The number of ether oxygens (including phenoxy) is 2. The number of imidazole rings is 1. The van der Waals surface area contributed by atoms with Crippen molar-refractivity contribution in [3.63, 3.8) is 0 Å². The average molecular weight is 471 g/mol. The monoisotopic (exact) mass is 470 g/mol. The minimum absolute atomic E-state index is 0.0239. The average Bonchev–Trinajstić information content (AvgIpc) is 3.33. The van der Waals surface area contributed by atoms with Crippen LogP contribution in [0.25, 0.3) is 5.65 Å². The van der Waals surface area contributed by atoms with Gasteiger partial charge in [0.05, 0.1) is 18.9 Å². The topological polar surface area (TPSA) is 59.3 Å². The molecular formula is C28H30N4O3. The van der Waals surface area contributed by atoms with Gasteiger partial charge < -0.3 is 23.7 Å². The molecule has 1 aliphatic heterocycles. The molecule has 2 aromatic heterocycles. The van der Waals surface area contributed by atoms with Crippen molar-refractivity contribution in [1.29, 1.82) is 0 Å².